The smallest absolute Gasteiger partial charge is 0.132 e. The van der Waals surface area contributed by atoms with Crippen molar-refractivity contribution in [1.82, 2.24) is 9.78 Å². The quantitative estimate of drug-likeness (QED) is 0.810. The first-order valence-corrected chi connectivity index (χ1v) is 4.69. The van der Waals surface area contributed by atoms with Gasteiger partial charge in [0.05, 0.1) is 5.69 Å². The molecule has 3 nitrogen and oxygen atoms in total. The summed E-state index contributed by atoms with van der Waals surface area (Å²) in [6.07, 6.45) is 1.78. The number of nitrogens with two attached hydrogens (primary N) is 1. The fourth-order valence-electron chi connectivity index (χ4n) is 1.45. The molecule has 1 aromatic heterocycles. The van der Waals surface area contributed by atoms with Gasteiger partial charge in [-0.3, -0.25) is 4.68 Å². The monoisotopic (exact) mass is 205 g/mol. The second-order valence-corrected chi connectivity index (χ2v) is 3.39. The minimum Gasteiger partial charge on any atom is -0.326 e. The topological polar surface area (TPSA) is 43.8 Å². The van der Waals surface area contributed by atoms with Crippen LogP contribution in [0.1, 0.15) is 5.56 Å². The molecule has 0 aliphatic carbocycles. The molecule has 0 spiro atoms. The van der Waals surface area contributed by atoms with Crippen molar-refractivity contribution in [3.63, 3.8) is 0 Å². The van der Waals surface area contributed by atoms with Crippen LogP contribution in [0.5, 0.6) is 0 Å². The van der Waals surface area contributed by atoms with Crippen molar-refractivity contribution in [3.05, 3.63) is 41.8 Å². The Morgan fingerprint density at radius 3 is 2.73 bits per heavy atom. The molecule has 0 fully saturated rings. The molecule has 1 heterocycles. The van der Waals surface area contributed by atoms with Gasteiger partial charge in [0.25, 0.3) is 0 Å². The number of nitrogens with zero attached hydrogens (tertiary/aromatic N) is 2. The minimum atomic E-state index is -0.281. The van der Waals surface area contributed by atoms with Crippen LogP contribution in [0.15, 0.2) is 30.5 Å². The Labute approximate surface area is 87.3 Å². The molecule has 0 saturated heterocycles. The maximum absolute atomic E-state index is 13.6. The van der Waals surface area contributed by atoms with Gasteiger partial charge in [-0.25, -0.2) is 4.39 Å². The molecule has 2 aromatic rings. The first-order valence-electron chi connectivity index (χ1n) is 4.69. The van der Waals surface area contributed by atoms with Crippen LogP contribution in [-0.2, 0) is 13.6 Å². The molecule has 0 saturated carbocycles. The van der Waals surface area contributed by atoms with Gasteiger partial charge in [0.2, 0.25) is 0 Å². The minimum absolute atomic E-state index is 0.281. The molecule has 1 aromatic carbocycles. The van der Waals surface area contributed by atoms with Gasteiger partial charge in [-0.05, 0) is 23.8 Å². The normalized spacial score (nSPS) is 10.6. The number of benzene rings is 1. The predicted octanol–water partition coefficient (Wildman–Crippen LogP) is 1.68. The van der Waals surface area contributed by atoms with Gasteiger partial charge in [-0.2, -0.15) is 5.10 Å². The van der Waals surface area contributed by atoms with E-state index in [1.165, 1.54) is 6.07 Å². The molecule has 78 valence electrons. The van der Waals surface area contributed by atoms with E-state index in [9.17, 15) is 4.39 Å². The Morgan fingerprint density at radius 2 is 2.20 bits per heavy atom. The highest BCUT2D eigenvalue weighted by molar-refractivity contribution is 5.59. The summed E-state index contributed by atoms with van der Waals surface area (Å²) in [6.45, 7) is 0.347. The fraction of sp³-hybridized carbons (Fsp3) is 0.182. The lowest BCUT2D eigenvalue weighted by atomic mass is 10.1. The van der Waals surface area contributed by atoms with Crippen molar-refractivity contribution in [3.8, 4) is 11.3 Å². The summed E-state index contributed by atoms with van der Waals surface area (Å²) in [5.74, 6) is -0.281. The summed E-state index contributed by atoms with van der Waals surface area (Å²) < 4.78 is 15.3. The Kier molecular flexibility index (Phi) is 2.51. The summed E-state index contributed by atoms with van der Waals surface area (Å²) in [5, 5.41) is 4.14. The molecule has 0 bridgehead atoms. The molecule has 0 aliphatic rings. The largest absolute Gasteiger partial charge is 0.326 e. The second-order valence-electron chi connectivity index (χ2n) is 3.39. The van der Waals surface area contributed by atoms with Crippen molar-refractivity contribution in [2.24, 2.45) is 12.8 Å². The first kappa shape index (κ1) is 9.86. The van der Waals surface area contributed by atoms with E-state index in [1.807, 2.05) is 6.07 Å². The lowest BCUT2D eigenvalue weighted by Gasteiger charge is -2.01. The predicted molar refractivity (Wildman–Crippen MR) is 56.5 cm³/mol. The second kappa shape index (κ2) is 3.82. The van der Waals surface area contributed by atoms with Crippen LogP contribution >= 0.6 is 0 Å². The number of hydrogen-bond acceptors (Lipinski definition) is 2. The molecule has 0 unspecified atom stereocenters. The van der Waals surface area contributed by atoms with E-state index in [0.717, 1.165) is 5.56 Å². The molecule has 2 N–H and O–H groups in total. The Morgan fingerprint density at radius 1 is 1.40 bits per heavy atom. The number of hydrogen-bond donors (Lipinski definition) is 1. The van der Waals surface area contributed by atoms with E-state index < -0.39 is 0 Å². The SMILES string of the molecule is Cn1ccc(-c2ccc(CN)cc2F)n1. The van der Waals surface area contributed by atoms with E-state index >= 15 is 0 Å². The van der Waals surface area contributed by atoms with Gasteiger partial charge in [0, 0.05) is 25.4 Å². The molecule has 0 aliphatic heterocycles. The molecule has 0 amide bonds. The van der Waals surface area contributed by atoms with Gasteiger partial charge in [-0.15, -0.1) is 0 Å². The highest BCUT2D eigenvalue weighted by atomic mass is 19.1. The maximum Gasteiger partial charge on any atom is 0.132 e. The summed E-state index contributed by atoms with van der Waals surface area (Å²) in [5.41, 5.74) is 7.35. The fourth-order valence-corrected chi connectivity index (χ4v) is 1.45. The molecule has 0 radical (unpaired) electrons. The highest BCUT2D eigenvalue weighted by Gasteiger charge is 2.07. The standard InChI is InChI=1S/C11H12FN3/c1-15-5-4-11(14-15)9-3-2-8(7-13)6-10(9)12/h2-6H,7,13H2,1H3. The Bertz CT molecular complexity index is 476. The molecular formula is C11H12FN3. The van der Waals surface area contributed by atoms with Crippen molar-refractivity contribution in [2.75, 3.05) is 0 Å². The molecule has 2 rings (SSSR count). The van der Waals surface area contributed by atoms with Crippen LogP contribution < -0.4 is 5.73 Å². The van der Waals surface area contributed by atoms with Crippen LogP contribution in [0.4, 0.5) is 4.39 Å². The summed E-state index contributed by atoms with van der Waals surface area (Å²) >= 11 is 0. The van der Waals surface area contributed by atoms with Crippen LogP contribution in [0, 0.1) is 5.82 Å². The van der Waals surface area contributed by atoms with E-state index in [1.54, 1.807) is 30.1 Å². The Balaban J connectivity index is 2.45. The molecule has 4 heteroatoms. The average molecular weight is 205 g/mol. The number of aromatic nitrogens is 2. The third-order valence-corrected chi connectivity index (χ3v) is 2.26. The zero-order chi connectivity index (χ0) is 10.8. The zero-order valence-electron chi connectivity index (χ0n) is 8.44. The van der Waals surface area contributed by atoms with Crippen molar-refractivity contribution in [1.29, 1.82) is 0 Å². The lowest BCUT2D eigenvalue weighted by molar-refractivity contribution is 0.627. The third kappa shape index (κ3) is 1.89. The summed E-state index contributed by atoms with van der Waals surface area (Å²) in [6, 6.07) is 6.75. The number of rotatable bonds is 2. The van der Waals surface area contributed by atoms with Gasteiger partial charge >= 0.3 is 0 Å². The lowest BCUT2D eigenvalue weighted by Crippen LogP contribution is -1.97. The summed E-state index contributed by atoms with van der Waals surface area (Å²) in [4.78, 5) is 0. The van der Waals surface area contributed by atoms with E-state index in [0.29, 0.717) is 17.8 Å². The Hall–Kier alpha value is -1.68. The maximum atomic E-state index is 13.6. The molecule has 0 atom stereocenters. The van der Waals surface area contributed by atoms with Gasteiger partial charge < -0.3 is 5.73 Å². The van der Waals surface area contributed by atoms with Gasteiger partial charge in [0.15, 0.2) is 0 Å². The van der Waals surface area contributed by atoms with Crippen LogP contribution in [-0.4, -0.2) is 9.78 Å². The molecular weight excluding hydrogens is 193 g/mol. The first-order chi connectivity index (χ1) is 7.20. The van der Waals surface area contributed by atoms with Crippen LogP contribution in [0.25, 0.3) is 11.3 Å². The van der Waals surface area contributed by atoms with Crippen LogP contribution in [0.2, 0.25) is 0 Å². The van der Waals surface area contributed by atoms with Gasteiger partial charge in [-0.1, -0.05) is 6.07 Å². The van der Waals surface area contributed by atoms with E-state index in [4.69, 9.17) is 5.73 Å². The summed E-state index contributed by atoms with van der Waals surface area (Å²) in [7, 11) is 1.80. The van der Waals surface area contributed by atoms with Crippen molar-refractivity contribution < 1.29 is 4.39 Å². The third-order valence-electron chi connectivity index (χ3n) is 2.26. The van der Waals surface area contributed by atoms with Crippen molar-refractivity contribution >= 4 is 0 Å². The highest BCUT2D eigenvalue weighted by Crippen LogP contribution is 2.21. The van der Waals surface area contributed by atoms with Gasteiger partial charge in [0.1, 0.15) is 5.82 Å². The zero-order valence-corrected chi connectivity index (χ0v) is 8.44. The van der Waals surface area contributed by atoms with Crippen molar-refractivity contribution in [2.45, 2.75) is 6.54 Å². The molecule has 15 heavy (non-hydrogen) atoms. The number of halogens is 1. The van der Waals surface area contributed by atoms with Crippen LogP contribution in [0.3, 0.4) is 0 Å². The van der Waals surface area contributed by atoms with E-state index in [-0.39, 0.29) is 5.82 Å². The van der Waals surface area contributed by atoms with E-state index in [2.05, 4.69) is 5.10 Å². The number of aryl methyl sites for hydroxylation is 1. The average Bonchev–Trinajstić information content (AvgIpc) is 2.64.